The summed E-state index contributed by atoms with van der Waals surface area (Å²) in [4.78, 5) is 26.1. The lowest BCUT2D eigenvalue weighted by Crippen LogP contribution is -2.62. The van der Waals surface area contributed by atoms with Gasteiger partial charge in [-0.1, -0.05) is 60.1 Å². The Bertz CT molecular complexity index is 1520. The summed E-state index contributed by atoms with van der Waals surface area (Å²) in [5.41, 5.74) is 5.51. The molecule has 9 heteroatoms. The van der Waals surface area contributed by atoms with Gasteiger partial charge in [0.1, 0.15) is 6.04 Å². The van der Waals surface area contributed by atoms with E-state index in [-0.39, 0.29) is 11.9 Å². The number of carbonyl (C=O) groups is 1. The second-order valence-corrected chi connectivity index (χ2v) is 12.1. The fraction of sp³-hybridized carbons (Fsp3) is 0.353. The van der Waals surface area contributed by atoms with Crippen molar-refractivity contribution in [1.29, 1.82) is 0 Å². The minimum absolute atomic E-state index is 0.0667. The SMILES string of the molecule is CB(O)N1CCN(C2c3ncccc3CCc3cccc(Cl)c32)[C@@H](C(=O)N(CCCn2cccc2)Cc2ccccc2)C1. The maximum atomic E-state index is 14.8. The topological polar surface area (TPSA) is 64.8 Å². The second kappa shape index (κ2) is 13.5. The standard InChI is InChI=1S/C34H39BClN5O2/c1-35(43)40-22-23-41(33-31-27(12-7-14-29(31)36)15-16-28-13-8-17-37-32(28)33)30(25-40)34(42)39(24-26-10-3-2-4-11-26)21-9-20-38-18-5-6-19-38/h2-8,10-14,17-19,30,33,43H,9,15-16,20-25H2,1H3/t30-,33?/m1/s1. The lowest BCUT2D eigenvalue weighted by molar-refractivity contribution is -0.140. The Balaban J connectivity index is 1.38. The van der Waals surface area contributed by atoms with Crippen LogP contribution in [0, 0.1) is 0 Å². The van der Waals surface area contributed by atoms with E-state index >= 15 is 0 Å². The predicted molar refractivity (Wildman–Crippen MR) is 172 cm³/mol. The first kappa shape index (κ1) is 29.6. The molecule has 1 saturated heterocycles. The Labute approximate surface area is 259 Å². The molecule has 1 unspecified atom stereocenters. The zero-order valence-corrected chi connectivity index (χ0v) is 25.5. The third-order valence-electron chi connectivity index (χ3n) is 8.90. The number of amides is 1. The summed E-state index contributed by atoms with van der Waals surface area (Å²) in [6, 6.07) is 23.8. The number of piperazine rings is 1. The molecule has 2 aliphatic rings. The Morgan fingerprint density at radius 1 is 1.00 bits per heavy atom. The van der Waals surface area contributed by atoms with Crippen molar-refractivity contribution in [3.63, 3.8) is 0 Å². The number of halogens is 1. The van der Waals surface area contributed by atoms with Crippen LogP contribution < -0.4 is 0 Å². The van der Waals surface area contributed by atoms with Crippen LogP contribution in [-0.2, 0) is 30.7 Å². The van der Waals surface area contributed by atoms with Crippen molar-refractivity contribution in [3.8, 4) is 0 Å². The van der Waals surface area contributed by atoms with E-state index in [2.05, 4.69) is 46.1 Å². The largest absolute Gasteiger partial charge is 0.437 e. The predicted octanol–water partition coefficient (Wildman–Crippen LogP) is 4.94. The molecule has 2 aromatic carbocycles. The maximum Gasteiger partial charge on any atom is 0.376 e. The van der Waals surface area contributed by atoms with Gasteiger partial charge in [0.15, 0.2) is 0 Å². The number of nitrogens with zero attached hydrogens (tertiary/aromatic N) is 5. The molecule has 1 amide bonds. The van der Waals surface area contributed by atoms with Gasteiger partial charge in [-0.3, -0.25) is 14.7 Å². The molecule has 1 aliphatic heterocycles. The number of rotatable bonds is 9. The molecule has 7 nitrogen and oxygen atoms in total. The molecule has 1 fully saturated rings. The average Bonchev–Trinajstić information content (AvgIpc) is 3.48. The molecule has 3 heterocycles. The quantitative estimate of drug-likeness (QED) is 0.278. The number of pyridine rings is 1. The molecule has 0 bridgehead atoms. The van der Waals surface area contributed by atoms with Crippen molar-refractivity contribution in [1.82, 2.24) is 24.2 Å². The van der Waals surface area contributed by atoms with E-state index in [1.165, 1.54) is 11.1 Å². The lowest BCUT2D eigenvalue weighted by Gasteiger charge is -2.46. The first-order valence-corrected chi connectivity index (χ1v) is 15.7. The monoisotopic (exact) mass is 595 g/mol. The third-order valence-corrected chi connectivity index (χ3v) is 9.23. The highest BCUT2D eigenvalue weighted by Gasteiger charge is 2.43. The van der Waals surface area contributed by atoms with Gasteiger partial charge in [0.05, 0.1) is 11.7 Å². The van der Waals surface area contributed by atoms with E-state index < -0.39 is 13.1 Å². The van der Waals surface area contributed by atoms with Crippen LogP contribution >= 0.6 is 11.6 Å². The molecular weight excluding hydrogens is 557 g/mol. The summed E-state index contributed by atoms with van der Waals surface area (Å²) < 4.78 is 2.15. The summed E-state index contributed by atoms with van der Waals surface area (Å²) in [6.07, 6.45) is 8.55. The fourth-order valence-corrected chi connectivity index (χ4v) is 6.97. The summed E-state index contributed by atoms with van der Waals surface area (Å²) in [5, 5.41) is 11.4. The van der Waals surface area contributed by atoms with Gasteiger partial charge in [0.25, 0.3) is 0 Å². The number of benzene rings is 2. The van der Waals surface area contributed by atoms with Crippen LogP contribution in [0.1, 0.15) is 40.4 Å². The smallest absolute Gasteiger partial charge is 0.376 e. The Morgan fingerprint density at radius 3 is 2.56 bits per heavy atom. The molecule has 2 aromatic heterocycles. The summed E-state index contributed by atoms with van der Waals surface area (Å²) in [6.45, 7) is 5.45. The van der Waals surface area contributed by atoms with Crippen LogP contribution in [0.15, 0.2) is 91.4 Å². The van der Waals surface area contributed by atoms with E-state index in [0.717, 1.165) is 42.6 Å². The lowest BCUT2D eigenvalue weighted by atomic mass is 9.82. The molecule has 4 aromatic rings. The molecule has 43 heavy (non-hydrogen) atoms. The molecule has 2 atom stereocenters. The number of hydrogen-bond acceptors (Lipinski definition) is 5. The Kier molecular flexibility index (Phi) is 9.29. The van der Waals surface area contributed by atoms with Crippen LogP contribution in [0.4, 0.5) is 0 Å². The summed E-state index contributed by atoms with van der Waals surface area (Å²) in [7, 11) is -0.649. The van der Waals surface area contributed by atoms with Gasteiger partial charge in [-0.05, 0) is 72.6 Å². The minimum atomic E-state index is -0.649. The number of hydrogen-bond donors (Lipinski definition) is 1. The van der Waals surface area contributed by atoms with Crippen LogP contribution in [-0.4, -0.2) is 74.4 Å². The van der Waals surface area contributed by atoms with Gasteiger partial charge in [-0.25, -0.2) is 0 Å². The summed E-state index contributed by atoms with van der Waals surface area (Å²) >= 11 is 6.99. The molecule has 1 N–H and O–H groups in total. The number of carbonyl (C=O) groups excluding carboxylic acids is 1. The summed E-state index contributed by atoms with van der Waals surface area (Å²) in [5.74, 6) is 0.0667. The van der Waals surface area contributed by atoms with Crippen LogP contribution in [0.3, 0.4) is 0 Å². The molecular formula is C34H39BClN5O2. The fourth-order valence-electron chi connectivity index (χ4n) is 6.67. The molecule has 1 aliphatic carbocycles. The van der Waals surface area contributed by atoms with Crippen molar-refractivity contribution in [3.05, 3.63) is 124 Å². The maximum absolute atomic E-state index is 14.8. The van der Waals surface area contributed by atoms with Crippen LogP contribution in [0.2, 0.25) is 11.8 Å². The highest BCUT2D eigenvalue weighted by molar-refractivity contribution is 6.45. The first-order valence-electron chi connectivity index (χ1n) is 15.3. The number of aryl methyl sites for hydroxylation is 3. The highest BCUT2D eigenvalue weighted by atomic mass is 35.5. The van der Waals surface area contributed by atoms with E-state index in [1.807, 2.05) is 64.4 Å². The average molecular weight is 596 g/mol. The van der Waals surface area contributed by atoms with Gasteiger partial charge >= 0.3 is 7.05 Å². The first-order chi connectivity index (χ1) is 21.0. The normalized spacial score (nSPS) is 18.9. The Morgan fingerprint density at radius 2 is 1.77 bits per heavy atom. The van der Waals surface area contributed by atoms with E-state index in [0.29, 0.717) is 37.7 Å². The van der Waals surface area contributed by atoms with Crippen molar-refractivity contribution in [2.45, 2.75) is 51.3 Å². The van der Waals surface area contributed by atoms with Crippen molar-refractivity contribution in [2.24, 2.45) is 0 Å². The molecule has 0 radical (unpaired) electrons. The van der Waals surface area contributed by atoms with Crippen molar-refractivity contribution >= 4 is 24.6 Å². The third kappa shape index (κ3) is 6.58. The van der Waals surface area contributed by atoms with Crippen molar-refractivity contribution in [2.75, 3.05) is 26.2 Å². The second-order valence-electron chi connectivity index (χ2n) is 11.7. The number of fused-ring (bicyclic) bond motifs is 2. The van der Waals surface area contributed by atoms with E-state index in [9.17, 15) is 9.82 Å². The molecule has 0 spiro atoms. The highest BCUT2D eigenvalue weighted by Crippen LogP contribution is 2.41. The van der Waals surface area contributed by atoms with Gasteiger partial charge < -0.3 is 19.3 Å². The Hall–Kier alpha value is -3.43. The van der Waals surface area contributed by atoms with Crippen LogP contribution in [0.5, 0.6) is 0 Å². The van der Waals surface area contributed by atoms with Gasteiger partial charge in [0, 0.05) is 62.9 Å². The van der Waals surface area contributed by atoms with E-state index in [1.54, 1.807) is 6.82 Å². The number of aromatic nitrogens is 2. The van der Waals surface area contributed by atoms with Gasteiger partial charge in [-0.15, -0.1) is 0 Å². The molecule has 0 saturated carbocycles. The van der Waals surface area contributed by atoms with E-state index in [4.69, 9.17) is 16.6 Å². The molecule has 6 rings (SSSR count). The van der Waals surface area contributed by atoms with Crippen molar-refractivity contribution < 1.29 is 9.82 Å². The van der Waals surface area contributed by atoms with Gasteiger partial charge in [0.2, 0.25) is 5.91 Å². The van der Waals surface area contributed by atoms with Crippen LogP contribution in [0.25, 0.3) is 0 Å². The molecule has 222 valence electrons. The zero-order chi connectivity index (χ0) is 29.8. The zero-order valence-electron chi connectivity index (χ0n) is 24.7. The minimum Gasteiger partial charge on any atom is -0.437 e. The van der Waals surface area contributed by atoms with Gasteiger partial charge in [-0.2, -0.15) is 0 Å².